The van der Waals surface area contributed by atoms with E-state index in [1.165, 1.54) is 10.8 Å². The average Bonchev–Trinajstić information content (AvgIpc) is 1.61. The first-order chi connectivity index (χ1) is 52.0. The summed E-state index contributed by atoms with van der Waals surface area (Å²) in [5, 5.41) is 6.98. The fraction of sp³-hybridized carbons (Fsp3) is 0. The van der Waals surface area contributed by atoms with Crippen molar-refractivity contribution in [1.29, 1.82) is 0 Å². The summed E-state index contributed by atoms with van der Waals surface area (Å²) in [4.78, 5) is 32.4. The Morgan fingerprint density at radius 3 is 1.03 bits per heavy atom. The summed E-state index contributed by atoms with van der Waals surface area (Å²) in [7, 11) is 0. The lowest BCUT2D eigenvalue weighted by molar-refractivity contribution is 1.10. The van der Waals surface area contributed by atoms with Gasteiger partial charge in [0.05, 0.1) is 45.2 Å². The molecule has 4 aromatic heterocycles. The number of hydrogen-bond donors (Lipinski definition) is 0. The Hall–Kier alpha value is -14.1. The van der Waals surface area contributed by atoms with E-state index >= 15 is 0 Å². The van der Waals surface area contributed by atoms with Crippen molar-refractivity contribution in [2.45, 2.75) is 0 Å². The molecule has 0 bridgehead atoms. The number of para-hydroxylation sites is 1. The molecule has 490 valence electrons. The lowest BCUT2D eigenvalue weighted by Crippen LogP contribution is -1.99. The third kappa shape index (κ3) is 12.0. The molecule has 0 fully saturated rings. The van der Waals surface area contributed by atoms with Gasteiger partial charge in [0.15, 0.2) is 11.6 Å². The third-order valence-corrected chi connectivity index (χ3v) is 20.0. The van der Waals surface area contributed by atoms with Crippen LogP contribution < -0.4 is 0 Å². The highest BCUT2D eigenvalue weighted by Gasteiger charge is 2.26. The Morgan fingerprint density at radius 1 is 0.181 bits per heavy atom. The molecule has 0 saturated carbocycles. The Balaban J connectivity index is 0.735. The summed E-state index contributed by atoms with van der Waals surface area (Å²) >= 11 is 0. The van der Waals surface area contributed by atoms with Crippen molar-refractivity contribution in [2.24, 2.45) is 0 Å². The molecule has 0 atom stereocenters. The molecule has 105 heavy (non-hydrogen) atoms. The van der Waals surface area contributed by atoms with Gasteiger partial charge in [-0.05, 0) is 138 Å². The second-order valence-electron chi connectivity index (χ2n) is 26.6. The second-order valence-corrected chi connectivity index (χ2v) is 26.6. The summed E-state index contributed by atoms with van der Waals surface area (Å²) < 4.78 is 2.38. The van der Waals surface area contributed by atoms with E-state index in [1.807, 2.05) is 54.6 Å². The second kappa shape index (κ2) is 26.8. The Kier molecular flexibility index (Phi) is 15.8. The van der Waals surface area contributed by atoms with E-state index < -0.39 is 0 Å². The summed E-state index contributed by atoms with van der Waals surface area (Å²) in [6.07, 6.45) is 0. The molecule has 4 heterocycles. The lowest BCUT2D eigenvalue weighted by atomic mass is 9.88. The van der Waals surface area contributed by atoms with Crippen LogP contribution in [0.1, 0.15) is 0 Å². The Bertz CT molecular complexity index is 6210. The van der Waals surface area contributed by atoms with E-state index in [0.717, 1.165) is 173 Å². The van der Waals surface area contributed by atoms with Gasteiger partial charge in [-0.2, -0.15) is 0 Å². The predicted molar refractivity (Wildman–Crippen MR) is 433 cm³/mol. The smallest absolute Gasteiger partial charge is 0.160 e. The zero-order valence-electron chi connectivity index (χ0n) is 57.0. The molecule has 0 unspecified atom stereocenters. The molecule has 0 aliphatic carbocycles. The van der Waals surface area contributed by atoms with Crippen LogP contribution in [-0.2, 0) is 0 Å². The molecule has 0 radical (unpaired) electrons. The van der Waals surface area contributed by atoms with Crippen molar-refractivity contribution in [3.8, 4) is 152 Å². The van der Waals surface area contributed by atoms with Crippen LogP contribution in [0, 0.1) is 0 Å². The van der Waals surface area contributed by atoms with Gasteiger partial charge in [0, 0.05) is 66.9 Å². The van der Waals surface area contributed by atoms with Gasteiger partial charge >= 0.3 is 0 Å². The zero-order chi connectivity index (χ0) is 69.6. The van der Waals surface area contributed by atoms with Crippen molar-refractivity contribution in [1.82, 2.24) is 34.5 Å². The van der Waals surface area contributed by atoms with E-state index in [4.69, 9.17) is 29.9 Å². The average molecular weight is 1340 g/mol. The number of hydrogen-bond acceptors (Lipinski definition) is 6. The van der Waals surface area contributed by atoms with E-state index in [-0.39, 0.29) is 0 Å². The fourth-order valence-corrected chi connectivity index (χ4v) is 14.8. The third-order valence-electron chi connectivity index (χ3n) is 20.0. The van der Waals surface area contributed by atoms with Crippen LogP contribution in [0.25, 0.3) is 195 Å². The summed E-state index contributed by atoms with van der Waals surface area (Å²) in [6.45, 7) is 0. The van der Waals surface area contributed by atoms with Gasteiger partial charge in [-0.15, -0.1) is 0 Å². The molecule has 0 aliphatic rings. The van der Waals surface area contributed by atoms with Gasteiger partial charge in [-0.3, -0.25) is 4.57 Å². The van der Waals surface area contributed by atoms with Crippen LogP contribution in [0.15, 0.2) is 382 Å². The topological polar surface area (TPSA) is 82.3 Å². The quantitative estimate of drug-likeness (QED) is 0.108. The maximum atomic E-state index is 5.74. The molecule has 0 N–H and O–H groups in total. The first-order valence-corrected chi connectivity index (χ1v) is 35.5. The molecule has 0 spiro atoms. The van der Waals surface area contributed by atoms with Gasteiger partial charge in [-0.25, -0.2) is 29.9 Å². The van der Waals surface area contributed by atoms with Gasteiger partial charge in [0.2, 0.25) is 0 Å². The zero-order valence-corrected chi connectivity index (χ0v) is 57.0. The monoisotopic (exact) mass is 1340 g/mol. The molecular weight excluding hydrogens is 1280 g/mol. The number of imidazole rings is 1. The standard InChI is InChI=1S/C98H63N7/c1-8-27-66(28-9-1)86-60-80(79-57-81(90-62-88(67-29-10-2-11-30-67)100-96(102-90)70-33-14-4-15-34-70)59-82(58-79)91-63-89(68-31-12-3-13-32-68)101-97(103-91)71-35-16-5-17-36-71)61-87(99-86)69-47-44-65(45-48-69)74-49-50-76-56-78(53-51-75(76)54-74)93-85-43-25-24-42-84(85)92(77-52-46-64-26-22-23-39-73(64)55-77)94-95(93)105(83-40-20-7-21-41-83)98(104-94)72-37-18-6-19-38-72/h1-63H. The molecule has 0 aliphatic heterocycles. The minimum Gasteiger partial charge on any atom is -0.292 e. The predicted octanol–water partition coefficient (Wildman–Crippen LogP) is 25.1. The number of benzene rings is 15. The number of nitrogens with zero attached hydrogens (tertiary/aromatic N) is 7. The van der Waals surface area contributed by atoms with Crippen LogP contribution in [0.4, 0.5) is 0 Å². The molecule has 7 nitrogen and oxygen atoms in total. The molecular formula is C98H63N7. The highest BCUT2D eigenvalue weighted by atomic mass is 15.1. The Labute approximate surface area is 608 Å². The van der Waals surface area contributed by atoms with Crippen LogP contribution in [0.5, 0.6) is 0 Å². The van der Waals surface area contributed by atoms with Crippen molar-refractivity contribution >= 4 is 43.4 Å². The molecule has 0 saturated heterocycles. The molecule has 7 heteroatoms. The first kappa shape index (κ1) is 61.9. The molecule has 19 aromatic rings. The molecule has 19 rings (SSSR count). The van der Waals surface area contributed by atoms with Crippen molar-refractivity contribution < 1.29 is 0 Å². The van der Waals surface area contributed by atoms with Crippen molar-refractivity contribution in [2.75, 3.05) is 0 Å². The number of pyridine rings is 1. The van der Waals surface area contributed by atoms with Crippen LogP contribution >= 0.6 is 0 Å². The van der Waals surface area contributed by atoms with Crippen molar-refractivity contribution in [3.63, 3.8) is 0 Å². The van der Waals surface area contributed by atoms with E-state index in [1.54, 1.807) is 0 Å². The van der Waals surface area contributed by atoms with Crippen LogP contribution in [0.3, 0.4) is 0 Å². The van der Waals surface area contributed by atoms with Crippen LogP contribution in [-0.4, -0.2) is 34.5 Å². The van der Waals surface area contributed by atoms with Gasteiger partial charge < -0.3 is 0 Å². The van der Waals surface area contributed by atoms with Gasteiger partial charge in [-0.1, -0.05) is 309 Å². The maximum absolute atomic E-state index is 5.74. The SMILES string of the molecule is c1ccc(-c2cc(-c3cc(-c4cc(-c5ccccc5)nc(-c5ccccc5)n4)cc(-c4cc(-c5ccccc5)nc(-c5ccccc5)n4)c3)cc(-c3ccc(-c4ccc5cc(-c6c7ccccc7c(-c7ccc8ccccc8c7)c7nc(-c8ccccc8)n(-c8ccccc8)c67)ccc5c4)cc3)n2)cc1. The van der Waals surface area contributed by atoms with Gasteiger partial charge in [0.25, 0.3) is 0 Å². The number of rotatable bonds is 14. The highest BCUT2D eigenvalue weighted by molar-refractivity contribution is 6.21. The molecule has 0 amide bonds. The maximum Gasteiger partial charge on any atom is 0.160 e. The fourth-order valence-electron chi connectivity index (χ4n) is 14.8. The number of fused-ring (bicyclic) bond motifs is 4. The largest absolute Gasteiger partial charge is 0.292 e. The first-order valence-electron chi connectivity index (χ1n) is 35.5. The molecule has 15 aromatic carbocycles. The van der Waals surface area contributed by atoms with E-state index in [0.29, 0.717) is 11.6 Å². The lowest BCUT2D eigenvalue weighted by Gasteiger charge is -2.18. The van der Waals surface area contributed by atoms with Crippen LogP contribution in [0.2, 0.25) is 0 Å². The summed E-state index contributed by atoms with van der Waals surface area (Å²) in [5.41, 5.74) is 25.3. The van der Waals surface area contributed by atoms with Crippen molar-refractivity contribution in [3.05, 3.63) is 382 Å². The highest BCUT2D eigenvalue weighted by Crippen LogP contribution is 2.48. The minimum absolute atomic E-state index is 0.633. The number of aromatic nitrogens is 7. The normalized spacial score (nSPS) is 11.4. The minimum atomic E-state index is 0.633. The Morgan fingerprint density at radius 2 is 0.514 bits per heavy atom. The van der Waals surface area contributed by atoms with E-state index in [9.17, 15) is 0 Å². The summed E-state index contributed by atoms with van der Waals surface area (Å²) in [5.74, 6) is 2.15. The van der Waals surface area contributed by atoms with Gasteiger partial charge in [0.1, 0.15) is 5.82 Å². The summed E-state index contributed by atoms with van der Waals surface area (Å²) in [6, 6.07) is 135. The van der Waals surface area contributed by atoms with E-state index in [2.05, 4.69) is 332 Å².